The third-order valence-electron chi connectivity index (χ3n) is 5.86. The van der Waals surface area contributed by atoms with Gasteiger partial charge in [0.1, 0.15) is 0 Å². The van der Waals surface area contributed by atoms with Crippen LogP contribution in [0.4, 0.5) is 10.5 Å². The average molecular weight is 408 g/mol. The van der Waals surface area contributed by atoms with Crippen LogP contribution in [0.1, 0.15) is 45.6 Å². The van der Waals surface area contributed by atoms with E-state index in [-0.39, 0.29) is 29.3 Å². The molecule has 0 radical (unpaired) electrons. The molecular formula is C25H33N3O2. The average Bonchev–Trinajstić information content (AvgIpc) is 2.74. The van der Waals surface area contributed by atoms with E-state index in [4.69, 9.17) is 0 Å². The van der Waals surface area contributed by atoms with Gasteiger partial charge in [0, 0.05) is 24.8 Å². The lowest BCUT2D eigenvalue weighted by Gasteiger charge is -2.34. The van der Waals surface area contributed by atoms with E-state index in [9.17, 15) is 9.59 Å². The molecule has 5 nitrogen and oxygen atoms in total. The van der Waals surface area contributed by atoms with Crippen molar-refractivity contribution in [2.24, 2.45) is 5.92 Å². The summed E-state index contributed by atoms with van der Waals surface area (Å²) in [7, 11) is 0. The van der Waals surface area contributed by atoms with Crippen LogP contribution in [0, 0.1) is 5.92 Å². The van der Waals surface area contributed by atoms with E-state index in [0.29, 0.717) is 13.1 Å². The molecule has 1 fully saturated rings. The predicted molar refractivity (Wildman–Crippen MR) is 121 cm³/mol. The Balaban J connectivity index is 1.52. The molecule has 1 saturated heterocycles. The normalized spacial score (nSPS) is 17.8. The Morgan fingerprint density at radius 1 is 1.07 bits per heavy atom. The molecule has 0 aromatic heterocycles. The summed E-state index contributed by atoms with van der Waals surface area (Å²) in [5.41, 5.74) is 2.02. The maximum atomic E-state index is 12.8. The number of para-hydroxylation sites is 1. The zero-order chi connectivity index (χ0) is 21.6. The standard InChI is InChI=1S/C25H33N3O2/c1-19(17-25(2,3)21-12-6-4-7-13-21)26-24(30)28-16-10-11-20(18-28)23(29)27-22-14-8-5-9-15-22/h4-9,12-15,19-20H,10-11,16-18H2,1-3H3,(H,26,30)(H,27,29). The smallest absolute Gasteiger partial charge is 0.317 e. The molecule has 2 atom stereocenters. The maximum Gasteiger partial charge on any atom is 0.317 e. The Labute approximate surface area is 179 Å². The summed E-state index contributed by atoms with van der Waals surface area (Å²) in [4.78, 5) is 27.3. The van der Waals surface area contributed by atoms with Crippen LogP contribution in [0.2, 0.25) is 0 Å². The predicted octanol–water partition coefficient (Wildman–Crippen LogP) is 4.80. The molecule has 1 heterocycles. The first-order valence-electron chi connectivity index (χ1n) is 10.8. The van der Waals surface area contributed by atoms with E-state index in [2.05, 4.69) is 48.7 Å². The lowest BCUT2D eigenvalue weighted by molar-refractivity contribution is -0.121. The van der Waals surface area contributed by atoms with Gasteiger partial charge >= 0.3 is 6.03 Å². The van der Waals surface area contributed by atoms with Crippen LogP contribution in [0.5, 0.6) is 0 Å². The number of nitrogens with one attached hydrogen (secondary N) is 2. The van der Waals surface area contributed by atoms with Crippen molar-refractivity contribution in [3.63, 3.8) is 0 Å². The Morgan fingerprint density at radius 3 is 2.37 bits per heavy atom. The van der Waals surface area contributed by atoms with E-state index in [1.165, 1.54) is 5.56 Å². The van der Waals surface area contributed by atoms with Crippen molar-refractivity contribution < 1.29 is 9.59 Å². The van der Waals surface area contributed by atoms with Crippen molar-refractivity contribution in [2.45, 2.75) is 51.5 Å². The second-order valence-electron chi connectivity index (χ2n) is 8.95. The molecule has 5 heteroatoms. The summed E-state index contributed by atoms with van der Waals surface area (Å²) < 4.78 is 0. The van der Waals surface area contributed by atoms with Crippen molar-refractivity contribution in [1.29, 1.82) is 0 Å². The molecule has 2 aromatic carbocycles. The number of hydrogen-bond donors (Lipinski definition) is 2. The minimum atomic E-state index is -0.180. The number of hydrogen-bond acceptors (Lipinski definition) is 2. The number of carbonyl (C=O) groups is 2. The Hall–Kier alpha value is -2.82. The summed E-state index contributed by atoms with van der Waals surface area (Å²) >= 11 is 0. The highest BCUT2D eigenvalue weighted by Crippen LogP contribution is 2.28. The second kappa shape index (κ2) is 9.79. The molecule has 2 N–H and O–H groups in total. The van der Waals surface area contributed by atoms with Crippen LogP contribution >= 0.6 is 0 Å². The van der Waals surface area contributed by atoms with Crippen LogP contribution in [0.15, 0.2) is 60.7 Å². The zero-order valence-corrected chi connectivity index (χ0v) is 18.2. The summed E-state index contributed by atoms with van der Waals surface area (Å²) in [6.07, 6.45) is 2.48. The molecule has 2 unspecified atom stereocenters. The quantitative estimate of drug-likeness (QED) is 0.722. The van der Waals surface area contributed by atoms with Crippen LogP contribution < -0.4 is 10.6 Å². The number of urea groups is 1. The number of carbonyl (C=O) groups excluding carboxylic acids is 2. The topological polar surface area (TPSA) is 61.4 Å². The highest BCUT2D eigenvalue weighted by atomic mass is 16.2. The van der Waals surface area contributed by atoms with Gasteiger partial charge in [-0.15, -0.1) is 0 Å². The molecule has 3 amide bonds. The minimum absolute atomic E-state index is 0.0167. The molecular weight excluding hydrogens is 374 g/mol. The lowest BCUT2D eigenvalue weighted by atomic mass is 9.79. The Kier molecular flexibility index (Phi) is 7.14. The number of piperidine rings is 1. The third-order valence-corrected chi connectivity index (χ3v) is 5.86. The van der Waals surface area contributed by atoms with Crippen LogP contribution in [-0.2, 0) is 10.2 Å². The van der Waals surface area contributed by atoms with E-state index >= 15 is 0 Å². The molecule has 1 aliphatic rings. The lowest BCUT2D eigenvalue weighted by Crippen LogP contribution is -2.50. The molecule has 1 aliphatic heterocycles. The van der Waals surface area contributed by atoms with Gasteiger partial charge in [-0.25, -0.2) is 4.79 Å². The molecule has 0 bridgehead atoms. The monoisotopic (exact) mass is 407 g/mol. The van der Waals surface area contributed by atoms with Gasteiger partial charge < -0.3 is 15.5 Å². The molecule has 2 aromatic rings. The summed E-state index contributed by atoms with van der Waals surface area (Å²) in [6.45, 7) is 7.60. The van der Waals surface area contributed by atoms with Crippen LogP contribution in [0.3, 0.4) is 0 Å². The van der Waals surface area contributed by atoms with Crippen molar-refractivity contribution in [1.82, 2.24) is 10.2 Å². The molecule has 3 rings (SSSR count). The van der Waals surface area contributed by atoms with Crippen molar-refractivity contribution in [3.05, 3.63) is 66.2 Å². The molecule has 160 valence electrons. The number of benzene rings is 2. The van der Waals surface area contributed by atoms with E-state index in [1.54, 1.807) is 4.90 Å². The first-order chi connectivity index (χ1) is 14.3. The highest BCUT2D eigenvalue weighted by Gasteiger charge is 2.30. The number of likely N-dealkylation sites (tertiary alicyclic amines) is 1. The van der Waals surface area contributed by atoms with Crippen LogP contribution in [-0.4, -0.2) is 36.0 Å². The Bertz CT molecular complexity index is 836. The molecule has 0 saturated carbocycles. The first kappa shape index (κ1) is 21.9. The van der Waals surface area contributed by atoms with Crippen LogP contribution in [0.25, 0.3) is 0 Å². The summed E-state index contributed by atoms with van der Waals surface area (Å²) in [5, 5.41) is 6.10. The molecule has 30 heavy (non-hydrogen) atoms. The van der Waals surface area contributed by atoms with Gasteiger partial charge in [0.25, 0.3) is 0 Å². The number of amides is 3. The van der Waals surface area contributed by atoms with E-state index in [1.807, 2.05) is 43.3 Å². The van der Waals surface area contributed by atoms with E-state index < -0.39 is 0 Å². The van der Waals surface area contributed by atoms with Crippen molar-refractivity contribution in [3.8, 4) is 0 Å². The molecule has 0 spiro atoms. The number of anilines is 1. The molecule has 0 aliphatic carbocycles. The first-order valence-corrected chi connectivity index (χ1v) is 10.8. The Morgan fingerprint density at radius 2 is 1.70 bits per heavy atom. The van der Waals surface area contributed by atoms with Gasteiger partial charge in [-0.3, -0.25) is 4.79 Å². The van der Waals surface area contributed by atoms with Crippen molar-refractivity contribution in [2.75, 3.05) is 18.4 Å². The fourth-order valence-electron chi connectivity index (χ4n) is 4.27. The fourth-order valence-corrected chi connectivity index (χ4v) is 4.27. The SMILES string of the molecule is CC(CC(C)(C)c1ccccc1)NC(=O)N1CCCC(C(=O)Nc2ccccc2)C1. The largest absolute Gasteiger partial charge is 0.336 e. The summed E-state index contributed by atoms with van der Waals surface area (Å²) in [5.74, 6) is -0.197. The van der Waals surface area contributed by atoms with Crippen molar-refractivity contribution >= 4 is 17.6 Å². The van der Waals surface area contributed by atoms with Gasteiger partial charge in [0.2, 0.25) is 5.91 Å². The van der Waals surface area contributed by atoms with Gasteiger partial charge in [-0.05, 0) is 49.3 Å². The zero-order valence-electron chi connectivity index (χ0n) is 18.2. The second-order valence-corrected chi connectivity index (χ2v) is 8.95. The number of rotatable bonds is 6. The van der Waals surface area contributed by atoms with Gasteiger partial charge in [-0.1, -0.05) is 62.4 Å². The van der Waals surface area contributed by atoms with Gasteiger partial charge in [0.05, 0.1) is 5.92 Å². The fraction of sp³-hybridized carbons (Fsp3) is 0.440. The maximum absolute atomic E-state index is 12.8. The van der Waals surface area contributed by atoms with E-state index in [0.717, 1.165) is 24.9 Å². The summed E-state index contributed by atoms with van der Waals surface area (Å²) in [6, 6.07) is 19.8. The van der Waals surface area contributed by atoms with Gasteiger partial charge in [0.15, 0.2) is 0 Å². The minimum Gasteiger partial charge on any atom is -0.336 e. The highest BCUT2D eigenvalue weighted by molar-refractivity contribution is 5.93. The van der Waals surface area contributed by atoms with Gasteiger partial charge in [-0.2, -0.15) is 0 Å². The number of nitrogens with zero attached hydrogens (tertiary/aromatic N) is 1. The third kappa shape index (κ3) is 5.85.